The molecule has 0 unspecified atom stereocenters. The van der Waals surface area contributed by atoms with Crippen LogP contribution in [0.15, 0.2) is 23.3 Å². The van der Waals surface area contributed by atoms with E-state index in [4.69, 9.17) is 4.74 Å². The van der Waals surface area contributed by atoms with Gasteiger partial charge in [-0.2, -0.15) is 5.26 Å². The minimum atomic E-state index is -1.56. The third-order valence-electron chi connectivity index (χ3n) is 13.6. The summed E-state index contributed by atoms with van der Waals surface area (Å²) in [6, 6.07) is 1.92. The summed E-state index contributed by atoms with van der Waals surface area (Å²) in [7, 11) is 1.59. The third kappa shape index (κ3) is 4.24. The topological polar surface area (TPSA) is 129 Å². The molecule has 2 amide bonds. The number of nitrogens with zero attached hydrogens (tertiary/aromatic N) is 1. The molecule has 3 fully saturated rings. The molecule has 0 saturated heterocycles. The van der Waals surface area contributed by atoms with Crippen LogP contribution in [0.1, 0.15) is 93.4 Å². The molecule has 43 heavy (non-hydrogen) atoms. The number of nitrogens with one attached hydrogen (secondary N) is 2. The number of fused-ring (bicyclic) bond motifs is 7. The Hall–Kier alpha value is -2.50. The van der Waals surface area contributed by atoms with Gasteiger partial charge >= 0.3 is 6.03 Å². The number of nitriles is 1. The van der Waals surface area contributed by atoms with Gasteiger partial charge in [0, 0.05) is 42.4 Å². The van der Waals surface area contributed by atoms with E-state index in [0.717, 1.165) is 44.1 Å². The molecular formula is C35H51N3O5. The van der Waals surface area contributed by atoms with Crippen LogP contribution in [0.2, 0.25) is 0 Å². The number of aliphatic hydroxyl groups is 1. The molecule has 0 aliphatic heterocycles. The minimum Gasteiger partial charge on any atom is -0.383 e. The van der Waals surface area contributed by atoms with Gasteiger partial charge in [0.1, 0.15) is 11.7 Å². The van der Waals surface area contributed by atoms with Crippen molar-refractivity contribution in [1.82, 2.24) is 10.6 Å². The Balaban J connectivity index is 1.54. The van der Waals surface area contributed by atoms with Crippen LogP contribution < -0.4 is 10.6 Å². The molecule has 0 radical (unpaired) electrons. The predicted molar refractivity (Wildman–Crippen MR) is 164 cm³/mol. The van der Waals surface area contributed by atoms with Crippen molar-refractivity contribution < 1.29 is 24.2 Å². The lowest BCUT2D eigenvalue weighted by Crippen LogP contribution is -2.74. The SMILES string of the molecule is COCCNC(=O)NC[C@@]1(C)CC[C@]2(C)CC[C@@]3(C)[C@]4(C)CC[C@H]5C(C)(C)C(=O)C(C#N)=C[C@]5(C)C4=CC(=O)[C@]3(O)[C@@H]2C1. The number of amides is 2. The lowest BCUT2D eigenvalue weighted by molar-refractivity contribution is -0.243. The molecule has 0 heterocycles. The first-order chi connectivity index (χ1) is 19.9. The minimum absolute atomic E-state index is 0.0422. The van der Waals surface area contributed by atoms with Crippen molar-refractivity contribution in [1.29, 1.82) is 5.26 Å². The second-order valence-electron chi connectivity index (χ2n) is 16.3. The third-order valence-corrected chi connectivity index (χ3v) is 13.6. The zero-order chi connectivity index (χ0) is 31.9. The van der Waals surface area contributed by atoms with Crippen LogP contribution in [0.4, 0.5) is 4.79 Å². The van der Waals surface area contributed by atoms with Gasteiger partial charge in [-0.3, -0.25) is 9.59 Å². The number of urea groups is 1. The lowest BCUT2D eigenvalue weighted by Gasteiger charge is -2.71. The number of ether oxygens (including phenoxy) is 1. The monoisotopic (exact) mass is 593 g/mol. The lowest BCUT2D eigenvalue weighted by atomic mass is 9.33. The van der Waals surface area contributed by atoms with E-state index in [1.54, 1.807) is 13.2 Å². The second-order valence-corrected chi connectivity index (χ2v) is 16.3. The molecule has 0 bridgehead atoms. The van der Waals surface area contributed by atoms with Crippen molar-refractivity contribution in [2.45, 2.75) is 99.0 Å². The molecule has 3 saturated carbocycles. The summed E-state index contributed by atoms with van der Waals surface area (Å²) in [5, 5.41) is 28.8. The number of hydrogen-bond donors (Lipinski definition) is 3. The van der Waals surface area contributed by atoms with Gasteiger partial charge in [0.15, 0.2) is 11.6 Å². The number of carbonyl (C=O) groups excluding carboxylic acids is 3. The summed E-state index contributed by atoms with van der Waals surface area (Å²) >= 11 is 0. The molecule has 5 rings (SSSR count). The maximum atomic E-state index is 14.6. The molecule has 0 spiro atoms. The Morgan fingerprint density at radius 2 is 1.70 bits per heavy atom. The van der Waals surface area contributed by atoms with Crippen molar-refractivity contribution in [2.75, 3.05) is 26.8 Å². The number of rotatable bonds is 5. The van der Waals surface area contributed by atoms with E-state index in [1.165, 1.54) is 0 Å². The average molecular weight is 594 g/mol. The molecule has 5 aliphatic rings. The Labute approximate surface area is 257 Å². The van der Waals surface area contributed by atoms with Gasteiger partial charge in [-0.25, -0.2) is 4.79 Å². The number of carbonyl (C=O) groups is 3. The highest BCUT2D eigenvalue weighted by molar-refractivity contribution is 6.05. The maximum Gasteiger partial charge on any atom is 0.314 e. The normalized spacial score (nSPS) is 44.8. The standard InChI is InChI=1S/C35H51N3O5/c1-29(2)23-9-10-33(6)24(32(23,5)18-22(20-36)27(29)40)17-26(39)35(42)25-19-30(3,21-38-28(41)37-15-16-43-8)11-12-31(25,4)13-14-34(33,35)7/h17-18,23,25,42H,9-16,19,21H2,1-8H3,(H2,37,38,41)/t23-,25+,30-,31+,32-,33+,34-,35+/m0/s1. The second kappa shape index (κ2) is 10.0. The highest BCUT2D eigenvalue weighted by Gasteiger charge is 2.75. The van der Waals surface area contributed by atoms with E-state index >= 15 is 0 Å². The summed E-state index contributed by atoms with van der Waals surface area (Å²) in [6.45, 7) is 16.1. The summed E-state index contributed by atoms with van der Waals surface area (Å²) in [6.07, 6.45) is 9.17. The van der Waals surface area contributed by atoms with Crippen LogP contribution in [-0.2, 0) is 14.3 Å². The number of hydrogen-bond acceptors (Lipinski definition) is 6. The first-order valence-corrected chi connectivity index (χ1v) is 16.1. The van der Waals surface area contributed by atoms with Gasteiger partial charge in [0.2, 0.25) is 0 Å². The summed E-state index contributed by atoms with van der Waals surface area (Å²) in [5.41, 5.74) is -3.48. The molecule has 236 valence electrons. The van der Waals surface area contributed by atoms with E-state index in [9.17, 15) is 24.8 Å². The van der Waals surface area contributed by atoms with Gasteiger partial charge in [-0.15, -0.1) is 0 Å². The number of methoxy groups -OCH3 is 1. The number of ketones is 2. The van der Waals surface area contributed by atoms with Crippen LogP contribution in [0.5, 0.6) is 0 Å². The van der Waals surface area contributed by atoms with E-state index in [1.807, 2.05) is 19.9 Å². The highest BCUT2D eigenvalue weighted by atomic mass is 16.5. The first-order valence-electron chi connectivity index (χ1n) is 16.1. The smallest absolute Gasteiger partial charge is 0.314 e. The van der Waals surface area contributed by atoms with Crippen LogP contribution >= 0.6 is 0 Å². The van der Waals surface area contributed by atoms with Crippen molar-refractivity contribution >= 4 is 17.6 Å². The van der Waals surface area contributed by atoms with Crippen molar-refractivity contribution in [3.63, 3.8) is 0 Å². The average Bonchev–Trinajstić information content (AvgIpc) is 2.94. The van der Waals surface area contributed by atoms with Crippen LogP contribution in [0.3, 0.4) is 0 Å². The summed E-state index contributed by atoms with van der Waals surface area (Å²) < 4.78 is 5.03. The Morgan fingerprint density at radius 1 is 1.02 bits per heavy atom. The van der Waals surface area contributed by atoms with E-state index in [2.05, 4.69) is 51.3 Å². The molecule has 8 atom stereocenters. The Kier molecular flexibility index (Phi) is 7.42. The fourth-order valence-electron chi connectivity index (χ4n) is 10.6. The predicted octanol–water partition coefficient (Wildman–Crippen LogP) is 5.27. The molecule has 8 heteroatoms. The quantitative estimate of drug-likeness (QED) is 0.373. The van der Waals surface area contributed by atoms with Gasteiger partial charge in [0.05, 0.1) is 12.2 Å². The Morgan fingerprint density at radius 3 is 2.35 bits per heavy atom. The van der Waals surface area contributed by atoms with E-state index in [0.29, 0.717) is 26.1 Å². The van der Waals surface area contributed by atoms with Crippen molar-refractivity contribution in [3.05, 3.63) is 23.3 Å². The highest BCUT2D eigenvalue weighted by Crippen LogP contribution is 2.75. The van der Waals surface area contributed by atoms with E-state index < -0.39 is 27.3 Å². The van der Waals surface area contributed by atoms with Crippen LogP contribution in [0.25, 0.3) is 0 Å². The van der Waals surface area contributed by atoms with Crippen LogP contribution in [0, 0.1) is 55.7 Å². The Bertz CT molecular complexity index is 1340. The molecule has 0 aromatic carbocycles. The first kappa shape index (κ1) is 31.9. The molecule has 8 nitrogen and oxygen atoms in total. The van der Waals surface area contributed by atoms with Gasteiger partial charge in [-0.05, 0) is 78.8 Å². The number of Topliss-reactive ketones (excluding diaryl/α,β-unsaturated/α-hetero) is 1. The van der Waals surface area contributed by atoms with Gasteiger partial charge in [0.25, 0.3) is 0 Å². The van der Waals surface area contributed by atoms with E-state index in [-0.39, 0.29) is 45.8 Å². The fraction of sp³-hybridized carbons (Fsp3) is 0.771. The maximum absolute atomic E-state index is 14.6. The van der Waals surface area contributed by atoms with Crippen molar-refractivity contribution in [2.24, 2.45) is 44.3 Å². The fourth-order valence-corrected chi connectivity index (χ4v) is 10.6. The molecule has 5 aliphatic carbocycles. The van der Waals surface area contributed by atoms with Gasteiger partial charge < -0.3 is 20.5 Å². The summed E-state index contributed by atoms with van der Waals surface area (Å²) in [5.74, 6) is -0.670. The molecular weight excluding hydrogens is 542 g/mol. The van der Waals surface area contributed by atoms with Crippen molar-refractivity contribution in [3.8, 4) is 6.07 Å². The largest absolute Gasteiger partial charge is 0.383 e. The number of allylic oxidation sites excluding steroid dienone is 3. The summed E-state index contributed by atoms with van der Waals surface area (Å²) in [4.78, 5) is 40.3. The van der Waals surface area contributed by atoms with Crippen LogP contribution in [-0.4, -0.2) is 55.1 Å². The zero-order valence-corrected chi connectivity index (χ0v) is 27.4. The molecule has 3 N–H and O–H groups in total. The molecule has 0 aromatic rings. The zero-order valence-electron chi connectivity index (χ0n) is 27.4. The molecule has 0 aromatic heterocycles. The van der Waals surface area contributed by atoms with Gasteiger partial charge in [-0.1, -0.05) is 54.5 Å².